The molecule has 10 heteroatoms. The fourth-order valence-corrected chi connectivity index (χ4v) is 3.18. The number of benzene rings is 1. The van der Waals surface area contributed by atoms with Crippen LogP contribution in [-0.4, -0.2) is 32.2 Å². The van der Waals surface area contributed by atoms with E-state index < -0.39 is 12.7 Å². The smallest absolute Gasteiger partial charge is 0.493 e. The third-order valence-electron chi connectivity index (χ3n) is 4.55. The number of aromatic nitrogens is 2. The quantitative estimate of drug-likeness (QED) is 0.439. The van der Waals surface area contributed by atoms with Crippen molar-refractivity contribution >= 4 is 30.1 Å². The van der Waals surface area contributed by atoms with Gasteiger partial charge in [0.15, 0.2) is 17.3 Å². The van der Waals surface area contributed by atoms with E-state index >= 15 is 0 Å². The Labute approximate surface area is 160 Å². The average Bonchev–Trinajstić information content (AvgIpc) is 2.59. The summed E-state index contributed by atoms with van der Waals surface area (Å²) in [6.07, 6.45) is 1.91. The summed E-state index contributed by atoms with van der Waals surface area (Å²) in [7, 11) is -0.812. The van der Waals surface area contributed by atoms with Gasteiger partial charge >= 0.3 is 7.25 Å². The molecule has 5 nitrogen and oxygen atoms in total. The van der Waals surface area contributed by atoms with E-state index in [2.05, 4.69) is 4.57 Å². The summed E-state index contributed by atoms with van der Waals surface area (Å²) >= 11 is 0. The van der Waals surface area contributed by atoms with Crippen LogP contribution < -0.4 is 14.0 Å². The molecule has 0 N–H and O–H groups in total. The predicted molar refractivity (Wildman–Crippen MR) is 97.9 cm³/mol. The highest BCUT2D eigenvalue weighted by molar-refractivity contribution is 6.50. The number of rotatable bonds is 2. The molecule has 0 amide bonds. The van der Waals surface area contributed by atoms with E-state index in [0.29, 0.717) is 11.5 Å². The van der Waals surface area contributed by atoms with Gasteiger partial charge in [-0.3, -0.25) is 4.79 Å². The van der Waals surface area contributed by atoms with Crippen molar-refractivity contribution in [1.82, 2.24) is 4.98 Å². The van der Waals surface area contributed by atoms with Crippen molar-refractivity contribution in [3.63, 3.8) is 0 Å². The van der Waals surface area contributed by atoms with Gasteiger partial charge in [-0.25, -0.2) is 4.98 Å². The van der Waals surface area contributed by atoms with Crippen LogP contribution in [0, 0.1) is 0 Å². The lowest BCUT2D eigenvalue weighted by atomic mass is 9.76. The Morgan fingerprint density at radius 2 is 1.57 bits per heavy atom. The van der Waals surface area contributed by atoms with Crippen LogP contribution in [0.3, 0.4) is 0 Å². The number of ether oxygens (including phenoxy) is 2. The van der Waals surface area contributed by atoms with Gasteiger partial charge in [-0.2, -0.15) is 4.57 Å². The van der Waals surface area contributed by atoms with Crippen molar-refractivity contribution in [2.75, 3.05) is 14.2 Å². The lowest BCUT2D eigenvalue weighted by molar-refractivity contribution is -0.647. The molecule has 28 heavy (non-hydrogen) atoms. The molecule has 0 spiro atoms. The number of hydrogen-bond acceptors (Lipinski definition) is 4. The molecule has 0 radical (unpaired) electrons. The molecule has 0 fully saturated rings. The number of aryl methyl sites for hydroxylation is 1. The van der Waals surface area contributed by atoms with E-state index in [1.807, 2.05) is 46.0 Å². The number of Topliss-reactive ketones (excluding diaryl/α,β-unsaturated/α-hetero) is 1. The second-order valence-corrected chi connectivity index (χ2v) is 6.88. The Bertz CT molecular complexity index is 966. The maximum atomic E-state index is 12.5. The Kier molecular flexibility index (Phi) is 5.73. The van der Waals surface area contributed by atoms with Gasteiger partial charge < -0.3 is 26.7 Å². The van der Waals surface area contributed by atoms with E-state index in [1.54, 1.807) is 14.2 Å². The van der Waals surface area contributed by atoms with Crippen LogP contribution in [0.25, 0.3) is 17.1 Å². The van der Waals surface area contributed by atoms with E-state index in [1.165, 1.54) is 0 Å². The summed E-state index contributed by atoms with van der Waals surface area (Å²) in [6.45, 7) is 5.69. The number of nitrogens with zero attached hydrogens (tertiary/aromatic N) is 2. The van der Waals surface area contributed by atoms with Crippen molar-refractivity contribution in [3.05, 3.63) is 29.1 Å². The number of carbonyl (C=O) groups is 1. The van der Waals surface area contributed by atoms with Gasteiger partial charge in [0.1, 0.15) is 18.3 Å². The monoisotopic (exact) mass is 400 g/mol. The maximum absolute atomic E-state index is 12.5. The number of fused-ring (bicyclic) bond motifs is 2. The second kappa shape index (κ2) is 7.41. The molecule has 0 saturated carbocycles. The molecular formula is C18H21BF4N2O3. The molecule has 0 saturated heterocycles. The highest BCUT2D eigenvalue weighted by atomic mass is 19.5. The molecule has 1 aromatic heterocycles. The van der Waals surface area contributed by atoms with Crippen LogP contribution in [-0.2, 0) is 17.3 Å². The largest absolute Gasteiger partial charge is 0.673 e. The first kappa shape index (κ1) is 21.7. The SMILES string of the molecule is COc1cc2nc3c([n+](C)c2cc1OC)C=C(C)C(=O)C3(C)C.F[B-](F)(F)F. The highest BCUT2D eigenvalue weighted by Gasteiger charge is 2.41. The predicted octanol–water partition coefficient (Wildman–Crippen LogP) is 3.64. The summed E-state index contributed by atoms with van der Waals surface area (Å²) in [4.78, 5) is 17.3. The Hall–Kier alpha value is -2.65. The Balaban J connectivity index is 0.000000500. The third-order valence-corrected chi connectivity index (χ3v) is 4.55. The number of hydrogen-bond donors (Lipinski definition) is 0. The minimum absolute atomic E-state index is 0.109. The maximum Gasteiger partial charge on any atom is 0.673 e. The summed E-state index contributed by atoms with van der Waals surface area (Å²) in [5, 5.41) is 0. The van der Waals surface area contributed by atoms with Gasteiger partial charge in [-0.05, 0) is 26.3 Å². The summed E-state index contributed by atoms with van der Waals surface area (Å²) in [6, 6.07) is 3.76. The molecule has 2 aromatic rings. The molecule has 1 aliphatic carbocycles. The lowest BCUT2D eigenvalue weighted by Gasteiger charge is -2.27. The van der Waals surface area contributed by atoms with Gasteiger partial charge in [0.2, 0.25) is 11.2 Å². The Morgan fingerprint density at radius 3 is 2.07 bits per heavy atom. The lowest BCUT2D eigenvalue weighted by Crippen LogP contribution is -2.43. The standard InChI is InChI=1S/C18H21N2O3.BF4/c1-10-7-13-16(18(2,3)17(10)21)19-11-8-14(22-5)15(23-6)9-12(11)20(13)4;2-1(3,4)5/h7-9H,1-6H3;/q+1;-1. The van der Waals surface area contributed by atoms with Crippen molar-refractivity contribution in [2.24, 2.45) is 7.05 Å². The number of carbonyl (C=O) groups excluding carboxylic acids is 1. The van der Waals surface area contributed by atoms with Crippen molar-refractivity contribution in [2.45, 2.75) is 26.2 Å². The molecule has 0 bridgehead atoms. The number of ketones is 1. The van der Waals surface area contributed by atoms with Crippen LogP contribution in [0.1, 0.15) is 32.2 Å². The summed E-state index contributed by atoms with van der Waals surface area (Å²) in [5.41, 5.74) is 3.54. The molecule has 0 unspecified atom stereocenters. The first-order valence-corrected chi connectivity index (χ1v) is 8.38. The van der Waals surface area contributed by atoms with Gasteiger partial charge in [-0.1, -0.05) is 0 Å². The number of allylic oxidation sites excluding steroid dienone is 1. The van der Waals surface area contributed by atoms with Gasteiger partial charge in [0.05, 0.1) is 25.7 Å². The minimum Gasteiger partial charge on any atom is -0.493 e. The molecule has 1 aliphatic rings. The van der Waals surface area contributed by atoms with Crippen LogP contribution in [0.4, 0.5) is 17.3 Å². The van der Waals surface area contributed by atoms with E-state index in [4.69, 9.17) is 14.5 Å². The summed E-state index contributed by atoms with van der Waals surface area (Å²) < 4.78 is 51.8. The van der Waals surface area contributed by atoms with Crippen LogP contribution in [0.15, 0.2) is 17.7 Å². The van der Waals surface area contributed by atoms with Gasteiger partial charge in [0.25, 0.3) is 0 Å². The fourth-order valence-electron chi connectivity index (χ4n) is 3.18. The van der Waals surface area contributed by atoms with Crippen molar-refractivity contribution in [3.8, 4) is 11.5 Å². The molecule has 1 aromatic carbocycles. The first-order valence-electron chi connectivity index (χ1n) is 8.38. The third kappa shape index (κ3) is 4.10. The summed E-state index contributed by atoms with van der Waals surface area (Å²) in [5.74, 6) is 1.39. The zero-order valence-electron chi connectivity index (χ0n) is 16.4. The molecule has 1 heterocycles. The van der Waals surface area contributed by atoms with Crippen molar-refractivity contribution in [1.29, 1.82) is 0 Å². The van der Waals surface area contributed by atoms with Crippen LogP contribution in [0.2, 0.25) is 0 Å². The van der Waals surface area contributed by atoms with Crippen LogP contribution in [0.5, 0.6) is 11.5 Å². The molecule has 0 atom stereocenters. The zero-order valence-corrected chi connectivity index (χ0v) is 16.4. The fraction of sp³-hybridized carbons (Fsp3) is 0.389. The van der Waals surface area contributed by atoms with Crippen LogP contribution >= 0.6 is 0 Å². The Morgan fingerprint density at radius 1 is 1.07 bits per heavy atom. The number of methoxy groups -OCH3 is 2. The molecular weight excluding hydrogens is 379 g/mol. The van der Waals surface area contributed by atoms with E-state index in [9.17, 15) is 22.1 Å². The number of halogens is 4. The molecule has 0 aliphatic heterocycles. The minimum atomic E-state index is -6.00. The van der Waals surface area contributed by atoms with E-state index in [-0.39, 0.29) is 5.78 Å². The topological polar surface area (TPSA) is 52.3 Å². The van der Waals surface area contributed by atoms with Gasteiger partial charge in [-0.15, -0.1) is 0 Å². The van der Waals surface area contributed by atoms with Gasteiger partial charge in [0, 0.05) is 12.1 Å². The zero-order chi connectivity index (χ0) is 21.4. The normalized spacial score (nSPS) is 15.4. The van der Waals surface area contributed by atoms with Crippen molar-refractivity contribution < 1.29 is 36.1 Å². The average molecular weight is 400 g/mol. The second-order valence-electron chi connectivity index (χ2n) is 6.88. The first-order chi connectivity index (χ1) is 12.8. The molecule has 152 valence electrons. The van der Waals surface area contributed by atoms with E-state index in [0.717, 1.165) is 28.0 Å². The molecule has 3 rings (SSSR count). The highest BCUT2D eigenvalue weighted by Crippen LogP contribution is 2.36.